The number of primary amides is 1. The molecule has 16 heavy (non-hydrogen) atoms. The van der Waals surface area contributed by atoms with Gasteiger partial charge in [0.1, 0.15) is 0 Å². The van der Waals surface area contributed by atoms with Crippen LogP contribution in [0.3, 0.4) is 0 Å². The normalized spacial score (nSPS) is 18.1. The number of rotatable bonds is 5. The third kappa shape index (κ3) is 2.61. The van der Waals surface area contributed by atoms with Gasteiger partial charge in [0, 0.05) is 23.3 Å². The van der Waals surface area contributed by atoms with E-state index in [9.17, 15) is 9.90 Å². The van der Waals surface area contributed by atoms with E-state index < -0.39 is 5.60 Å². The zero-order chi connectivity index (χ0) is 11.6. The maximum Gasteiger partial charge on any atom is 0.249 e. The highest BCUT2D eigenvalue weighted by molar-refractivity contribution is 7.10. The van der Waals surface area contributed by atoms with E-state index >= 15 is 0 Å². The Hall–Kier alpha value is -0.910. The summed E-state index contributed by atoms with van der Waals surface area (Å²) in [5.74, 6) is -0.389. The average molecular weight is 240 g/mol. The Morgan fingerprint density at radius 2 is 2.38 bits per heavy atom. The zero-order valence-corrected chi connectivity index (χ0v) is 9.85. The van der Waals surface area contributed by atoms with Crippen LogP contribution in [0, 0.1) is 0 Å². The van der Waals surface area contributed by atoms with Crippen LogP contribution < -0.4 is 11.1 Å². The van der Waals surface area contributed by atoms with Crippen molar-refractivity contribution in [2.45, 2.75) is 31.4 Å². The number of nitrogens with two attached hydrogens (primary N) is 1. The summed E-state index contributed by atoms with van der Waals surface area (Å²) in [6.45, 7) is 1.30. The van der Waals surface area contributed by atoms with E-state index in [1.807, 2.05) is 0 Å². The second-order valence-electron chi connectivity index (χ2n) is 4.35. The van der Waals surface area contributed by atoms with Crippen LogP contribution in [-0.2, 0) is 6.54 Å². The molecule has 0 saturated heterocycles. The van der Waals surface area contributed by atoms with E-state index in [4.69, 9.17) is 5.73 Å². The van der Waals surface area contributed by atoms with Gasteiger partial charge in [0.2, 0.25) is 5.91 Å². The third-order valence-corrected chi connectivity index (χ3v) is 3.91. The van der Waals surface area contributed by atoms with Gasteiger partial charge in [0.25, 0.3) is 0 Å². The van der Waals surface area contributed by atoms with Gasteiger partial charge in [-0.1, -0.05) is 0 Å². The monoisotopic (exact) mass is 240 g/mol. The minimum absolute atomic E-state index is 0.389. The van der Waals surface area contributed by atoms with Crippen molar-refractivity contribution in [2.75, 3.05) is 6.54 Å². The summed E-state index contributed by atoms with van der Waals surface area (Å²) >= 11 is 1.51. The van der Waals surface area contributed by atoms with Gasteiger partial charge in [-0.05, 0) is 25.3 Å². The Balaban J connectivity index is 1.78. The number of hydrogen-bond acceptors (Lipinski definition) is 4. The smallest absolute Gasteiger partial charge is 0.249 e. The van der Waals surface area contributed by atoms with Crippen LogP contribution in [-0.4, -0.2) is 23.2 Å². The summed E-state index contributed by atoms with van der Waals surface area (Å²) in [6.07, 6.45) is 2.89. The molecule has 1 aliphatic rings. The molecular formula is C11H16N2O2S. The molecule has 0 aliphatic heterocycles. The average Bonchev–Trinajstić information content (AvgIpc) is 2.64. The molecule has 1 amide bonds. The van der Waals surface area contributed by atoms with Crippen LogP contribution in [0.15, 0.2) is 11.4 Å². The van der Waals surface area contributed by atoms with Gasteiger partial charge in [-0.3, -0.25) is 4.79 Å². The van der Waals surface area contributed by atoms with Gasteiger partial charge in [-0.25, -0.2) is 0 Å². The molecule has 0 unspecified atom stereocenters. The molecule has 0 aromatic carbocycles. The van der Waals surface area contributed by atoms with Crippen LogP contribution in [0.25, 0.3) is 0 Å². The Bertz CT molecular complexity index is 385. The summed E-state index contributed by atoms with van der Waals surface area (Å²) in [4.78, 5) is 11.9. The fourth-order valence-corrected chi connectivity index (χ4v) is 2.63. The molecule has 0 radical (unpaired) electrons. The van der Waals surface area contributed by atoms with Crippen LogP contribution >= 0.6 is 11.3 Å². The molecule has 88 valence electrons. The Morgan fingerprint density at radius 3 is 2.88 bits per heavy atom. The van der Waals surface area contributed by atoms with Crippen molar-refractivity contribution >= 4 is 17.2 Å². The Kier molecular flexibility index (Phi) is 3.28. The molecule has 0 bridgehead atoms. The number of hydrogen-bond donors (Lipinski definition) is 3. The van der Waals surface area contributed by atoms with Gasteiger partial charge >= 0.3 is 0 Å². The first-order valence-electron chi connectivity index (χ1n) is 5.39. The van der Waals surface area contributed by atoms with Gasteiger partial charge in [-0.15, -0.1) is 11.3 Å². The molecule has 4 N–H and O–H groups in total. The van der Waals surface area contributed by atoms with Crippen LogP contribution in [0.4, 0.5) is 0 Å². The van der Waals surface area contributed by atoms with E-state index in [0.29, 0.717) is 18.7 Å². The topological polar surface area (TPSA) is 75.4 Å². The van der Waals surface area contributed by atoms with Gasteiger partial charge in [-0.2, -0.15) is 0 Å². The molecule has 1 aliphatic carbocycles. The van der Waals surface area contributed by atoms with Gasteiger partial charge < -0.3 is 16.2 Å². The second kappa shape index (κ2) is 4.53. The van der Waals surface area contributed by atoms with Crippen molar-refractivity contribution in [3.8, 4) is 0 Å². The predicted molar refractivity (Wildman–Crippen MR) is 63.3 cm³/mol. The SMILES string of the molecule is NC(=O)c1csc(CNCC2(O)CCC2)c1. The first-order chi connectivity index (χ1) is 7.59. The predicted octanol–water partition coefficient (Wildman–Crippen LogP) is 0.852. The highest BCUT2D eigenvalue weighted by Gasteiger charge is 2.33. The van der Waals surface area contributed by atoms with Crippen molar-refractivity contribution in [2.24, 2.45) is 5.73 Å². The first-order valence-corrected chi connectivity index (χ1v) is 6.27. The summed E-state index contributed by atoms with van der Waals surface area (Å²) in [7, 11) is 0. The lowest BCUT2D eigenvalue weighted by Gasteiger charge is -2.36. The van der Waals surface area contributed by atoms with Gasteiger partial charge in [0.15, 0.2) is 0 Å². The minimum atomic E-state index is -0.496. The second-order valence-corrected chi connectivity index (χ2v) is 5.34. The molecule has 2 rings (SSSR count). The van der Waals surface area contributed by atoms with Crippen molar-refractivity contribution in [1.29, 1.82) is 0 Å². The van der Waals surface area contributed by atoms with Crippen molar-refractivity contribution < 1.29 is 9.90 Å². The van der Waals surface area contributed by atoms with E-state index in [1.54, 1.807) is 11.4 Å². The quantitative estimate of drug-likeness (QED) is 0.714. The highest BCUT2D eigenvalue weighted by Crippen LogP contribution is 2.30. The largest absolute Gasteiger partial charge is 0.389 e. The summed E-state index contributed by atoms with van der Waals surface area (Å²) < 4.78 is 0. The molecule has 1 saturated carbocycles. The number of nitrogens with one attached hydrogen (secondary N) is 1. The molecule has 4 nitrogen and oxygen atoms in total. The van der Waals surface area contributed by atoms with Crippen molar-refractivity contribution in [1.82, 2.24) is 5.32 Å². The fourth-order valence-electron chi connectivity index (χ4n) is 1.78. The Labute approximate surface area is 98.5 Å². The van der Waals surface area contributed by atoms with Crippen LogP contribution in [0.1, 0.15) is 34.5 Å². The molecule has 1 aromatic rings. The summed E-state index contributed by atoms with van der Waals surface area (Å²) in [5.41, 5.74) is 5.23. The van der Waals surface area contributed by atoms with Crippen molar-refractivity contribution in [3.05, 3.63) is 21.9 Å². The van der Waals surface area contributed by atoms with Crippen LogP contribution in [0.5, 0.6) is 0 Å². The third-order valence-electron chi connectivity index (χ3n) is 2.98. The number of carbonyl (C=O) groups excluding carboxylic acids is 1. The first kappa shape index (κ1) is 11.6. The van der Waals surface area contributed by atoms with E-state index in [2.05, 4.69) is 5.32 Å². The van der Waals surface area contributed by atoms with E-state index in [-0.39, 0.29) is 5.91 Å². The van der Waals surface area contributed by atoms with Crippen molar-refractivity contribution in [3.63, 3.8) is 0 Å². The summed E-state index contributed by atoms with van der Waals surface area (Å²) in [5, 5.41) is 14.8. The Morgan fingerprint density at radius 1 is 1.62 bits per heavy atom. The van der Waals surface area contributed by atoms with Crippen LogP contribution in [0.2, 0.25) is 0 Å². The molecule has 0 atom stereocenters. The lowest BCUT2D eigenvalue weighted by Crippen LogP contribution is -2.45. The maximum atomic E-state index is 10.9. The fraction of sp³-hybridized carbons (Fsp3) is 0.545. The minimum Gasteiger partial charge on any atom is -0.389 e. The molecule has 1 fully saturated rings. The van der Waals surface area contributed by atoms with E-state index in [1.165, 1.54) is 11.3 Å². The number of thiophene rings is 1. The number of amides is 1. The number of carbonyl (C=O) groups is 1. The maximum absolute atomic E-state index is 10.9. The zero-order valence-electron chi connectivity index (χ0n) is 9.03. The lowest BCUT2D eigenvalue weighted by molar-refractivity contribution is -0.0314. The lowest BCUT2D eigenvalue weighted by atomic mass is 9.80. The molecule has 0 spiro atoms. The summed E-state index contributed by atoms with van der Waals surface area (Å²) in [6, 6.07) is 1.80. The standard InChI is InChI=1S/C11H16N2O2S/c12-10(14)8-4-9(16-6-8)5-13-7-11(15)2-1-3-11/h4,6,13,15H,1-3,5,7H2,(H2,12,14). The van der Waals surface area contributed by atoms with E-state index in [0.717, 1.165) is 24.1 Å². The molecule has 5 heteroatoms. The molecule has 1 heterocycles. The molecular weight excluding hydrogens is 224 g/mol. The molecule has 1 aromatic heterocycles. The highest BCUT2D eigenvalue weighted by atomic mass is 32.1. The number of aliphatic hydroxyl groups is 1. The van der Waals surface area contributed by atoms with Gasteiger partial charge in [0.05, 0.1) is 11.2 Å².